The zero-order chi connectivity index (χ0) is 15.1. The first-order chi connectivity index (χ1) is 10.2. The molecule has 1 amide bonds. The van der Waals surface area contributed by atoms with E-state index in [0.717, 1.165) is 38.8 Å². The summed E-state index contributed by atoms with van der Waals surface area (Å²) in [7, 11) is 0. The fourth-order valence-corrected chi connectivity index (χ4v) is 3.07. The van der Waals surface area contributed by atoms with E-state index in [9.17, 15) is 9.90 Å². The number of amides is 1. The lowest BCUT2D eigenvalue weighted by Crippen LogP contribution is -2.47. The molecule has 0 spiro atoms. The highest BCUT2D eigenvalue weighted by atomic mass is 16.3. The highest BCUT2D eigenvalue weighted by Crippen LogP contribution is 2.33. The van der Waals surface area contributed by atoms with Gasteiger partial charge < -0.3 is 10.0 Å². The molecule has 0 aromatic carbocycles. The Morgan fingerprint density at radius 2 is 2.38 bits per heavy atom. The first kappa shape index (κ1) is 15.8. The Hall–Kier alpha value is -1.62. The lowest BCUT2D eigenvalue weighted by Gasteiger charge is -2.41. The zero-order valence-corrected chi connectivity index (χ0v) is 12.6. The number of rotatable bonds is 7. The van der Waals surface area contributed by atoms with Gasteiger partial charge in [-0.05, 0) is 31.7 Å². The van der Waals surface area contributed by atoms with Crippen molar-refractivity contribution >= 4 is 5.91 Å². The molecule has 5 heteroatoms. The first-order valence-electron chi connectivity index (χ1n) is 7.66. The fraction of sp³-hybridized carbons (Fsp3) is 0.625. The van der Waals surface area contributed by atoms with E-state index in [2.05, 4.69) is 11.7 Å². The standard InChI is InChI=1S/C16H25N3O2/c1-2-7-16(14-20)8-4-10-18(13-16)15(21)6-3-11-19-12-5-9-17-19/h2,5,9,12,20H,1,3-4,6-8,10-11,13-14H2/t16-/m1/s1. The average molecular weight is 291 g/mol. The molecule has 0 saturated carbocycles. The molecule has 1 aromatic rings. The van der Waals surface area contributed by atoms with Gasteiger partial charge in [0, 0.05) is 43.9 Å². The number of aryl methyl sites for hydroxylation is 1. The Balaban J connectivity index is 1.82. The van der Waals surface area contributed by atoms with Crippen LogP contribution in [-0.4, -0.2) is 45.4 Å². The van der Waals surface area contributed by atoms with Gasteiger partial charge in [-0.1, -0.05) is 6.08 Å². The maximum absolute atomic E-state index is 12.3. The minimum atomic E-state index is -0.183. The van der Waals surface area contributed by atoms with Crippen molar-refractivity contribution in [3.8, 4) is 0 Å². The van der Waals surface area contributed by atoms with Gasteiger partial charge in [0.05, 0.1) is 6.61 Å². The van der Waals surface area contributed by atoms with Crippen molar-refractivity contribution in [1.29, 1.82) is 0 Å². The van der Waals surface area contributed by atoms with Crippen molar-refractivity contribution in [3.63, 3.8) is 0 Å². The lowest BCUT2D eigenvalue weighted by molar-refractivity contribution is -0.135. The molecule has 0 bridgehead atoms. The molecule has 0 unspecified atom stereocenters. The minimum absolute atomic E-state index is 0.121. The highest BCUT2D eigenvalue weighted by Gasteiger charge is 2.35. The number of aromatic nitrogens is 2. The fourth-order valence-electron chi connectivity index (χ4n) is 3.07. The third kappa shape index (κ3) is 4.17. The summed E-state index contributed by atoms with van der Waals surface area (Å²) < 4.78 is 1.85. The summed E-state index contributed by atoms with van der Waals surface area (Å²) in [6.45, 7) is 6.11. The van der Waals surface area contributed by atoms with Gasteiger partial charge in [0.1, 0.15) is 0 Å². The van der Waals surface area contributed by atoms with Crippen LogP contribution in [0.2, 0.25) is 0 Å². The van der Waals surface area contributed by atoms with Crippen LogP contribution in [0, 0.1) is 5.41 Å². The van der Waals surface area contributed by atoms with E-state index in [-0.39, 0.29) is 17.9 Å². The summed E-state index contributed by atoms with van der Waals surface area (Å²) in [5, 5.41) is 13.8. The number of carbonyl (C=O) groups is 1. The molecule has 2 rings (SSSR count). The minimum Gasteiger partial charge on any atom is -0.396 e. The van der Waals surface area contributed by atoms with Gasteiger partial charge in [-0.25, -0.2) is 0 Å². The van der Waals surface area contributed by atoms with Crippen LogP contribution in [-0.2, 0) is 11.3 Å². The summed E-state index contributed by atoms with van der Waals surface area (Å²) in [5.74, 6) is 0.184. The number of hydrogen-bond acceptors (Lipinski definition) is 3. The van der Waals surface area contributed by atoms with Crippen molar-refractivity contribution in [3.05, 3.63) is 31.1 Å². The van der Waals surface area contributed by atoms with Crippen LogP contribution in [0.1, 0.15) is 32.1 Å². The van der Waals surface area contributed by atoms with Crippen LogP contribution >= 0.6 is 0 Å². The van der Waals surface area contributed by atoms with Gasteiger partial charge in [0.2, 0.25) is 5.91 Å². The maximum atomic E-state index is 12.3. The second-order valence-electron chi connectivity index (χ2n) is 5.94. The Kier molecular flexibility index (Phi) is 5.56. The van der Waals surface area contributed by atoms with E-state index in [1.54, 1.807) is 6.20 Å². The molecule has 1 aromatic heterocycles. The van der Waals surface area contributed by atoms with Gasteiger partial charge in [-0.15, -0.1) is 6.58 Å². The predicted molar refractivity (Wildman–Crippen MR) is 81.6 cm³/mol. The van der Waals surface area contributed by atoms with Crippen LogP contribution in [0.25, 0.3) is 0 Å². The smallest absolute Gasteiger partial charge is 0.222 e. The monoisotopic (exact) mass is 291 g/mol. The number of piperidine rings is 1. The van der Waals surface area contributed by atoms with E-state index in [1.165, 1.54) is 0 Å². The van der Waals surface area contributed by atoms with E-state index < -0.39 is 0 Å². The van der Waals surface area contributed by atoms with Crippen molar-refractivity contribution in [1.82, 2.24) is 14.7 Å². The molecule has 1 aliphatic heterocycles. The van der Waals surface area contributed by atoms with Crippen molar-refractivity contribution in [2.45, 2.75) is 38.6 Å². The van der Waals surface area contributed by atoms with Crippen molar-refractivity contribution in [2.75, 3.05) is 19.7 Å². The molecule has 1 N–H and O–H groups in total. The molecule has 2 heterocycles. The Morgan fingerprint density at radius 3 is 3.05 bits per heavy atom. The Labute approximate surface area is 126 Å². The normalized spacial score (nSPS) is 22.2. The lowest BCUT2D eigenvalue weighted by atomic mass is 9.77. The maximum Gasteiger partial charge on any atom is 0.222 e. The van der Waals surface area contributed by atoms with Crippen LogP contribution in [0.5, 0.6) is 0 Å². The summed E-state index contributed by atoms with van der Waals surface area (Å²) >= 11 is 0. The quantitative estimate of drug-likeness (QED) is 0.780. The molecule has 1 atom stereocenters. The molecule has 1 saturated heterocycles. The molecular weight excluding hydrogens is 266 g/mol. The second kappa shape index (κ2) is 7.41. The largest absolute Gasteiger partial charge is 0.396 e. The summed E-state index contributed by atoms with van der Waals surface area (Å²) in [4.78, 5) is 14.2. The third-order valence-corrected chi connectivity index (χ3v) is 4.26. The third-order valence-electron chi connectivity index (χ3n) is 4.26. The number of hydrogen-bond donors (Lipinski definition) is 1. The van der Waals surface area contributed by atoms with Gasteiger partial charge in [-0.2, -0.15) is 5.10 Å². The van der Waals surface area contributed by atoms with E-state index >= 15 is 0 Å². The zero-order valence-electron chi connectivity index (χ0n) is 12.6. The molecule has 0 aliphatic carbocycles. The number of carbonyl (C=O) groups excluding carboxylic acids is 1. The summed E-state index contributed by atoms with van der Waals surface area (Å²) in [5.41, 5.74) is -0.183. The second-order valence-corrected chi connectivity index (χ2v) is 5.94. The van der Waals surface area contributed by atoms with Crippen molar-refractivity contribution < 1.29 is 9.90 Å². The topological polar surface area (TPSA) is 58.4 Å². The number of nitrogens with zero attached hydrogens (tertiary/aromatic N) is 3. The SMILES string of the molecule is C=CC[C@@]1(CO)CCCN(C(=O)CCCn2cccn2)C1. The molecule has 1 aliphatic rings. The summed E-state index contributed by atoms with van der Waals surface area (Å²) in [6.07, 6.45) is 9.53. The number of aliphatic hydroxyl groups is 1. The van der Waals surface area contributed by atoms with Gasteiger partial charge in [0.15, 0.2) is 0 Å². The number of aliphatic hydroxyl groups excluding tert-OH is 1. The molecular formula is C16H25N3O2. The highest BCUT2D eigenvalue weighted by molar-refractivity contribution is 5.76. The number of allylic oxidation sites excluding steroid dienone is 1. The van der Waals surface area contributed by atoms with E-state index in [1.807, 2.05) is 27.9 Å². The summed E-state index contributed by atoms with van der Waals surface area (Å²) in [6, 6.07) is 1.89. The Bertz CT molecular complexity index is 458. The molecule has 5 nitrogen and oxygen atoms in total. The van der Waals surface area contributed by atoms with Crippen LogP contribution < -0.4 is 0 Å². The van der Waals surface area contributed by atoms with Crippen LogP contribution in [0.15, 0.2) is 31.1 Å². The van der Waals surface area contributed by atoms with Crippen LogP contribution in [0.3, 0.4) is 0 Å². The predicted octanol–water partition coefficient (Wildman–Crippen LogP) is 1.84. The number of likely N-dealkylation sites (tertiary alicyclic amines) is 1. The van der Waals surface area contributed by atoms with Gasteiger partial charge in [0.25, 0.3) is 0 Å². The molecule has 21 heavy (non-hydrogen) atoms. The van der Waals surface area contributed by atoms with E-state index in [4.69, 9.17) is 0 Å². The van der Waals surface area contributed by atoms with Gasteiger partial charge >= 0.3 is 0 Å². The molecule has 0 radical (unpaired) electrons. The molecule has 116 valence electrons. The van der Waals surface area contributed by atoms with Crippen LogP contribution in [0.4, 0.5) is 0 Å². The first-order valence-corrected chi connectivity index (χ1v) is 7.66. The molecule has 1 fully saturated rings. The van der Waals surface area contributed by atoms with Crippen molar-refractivity contribution in [2.24, 2.45) is 5.41 Å². The Morgan fingerprint density at radius 1 is 1.52 bits per heavy atom. The average Bonchev–Trinajstić information content (AvgIpc) is 3.01. The van der Waals surface area contributed by atoms with E-state index in [0.29, 0.717) is 13.0 Å². The van der Waals surface area contributed by atoms with Gasteiger partial charge in [-0.3, -0.25) is 9.48 Å².